The molecule has 0 fully saturated rings. The van der Waals surface area contributed by atoms with Crippen molar-refractivity contribution < 1.29 is 19.0 Å². The van der Waals surface area contributed by atoms with E-state index in [1.165, 1.54) is 6.21 Å². The SMILES string of the molecule is COc1ccc(OC)c(C=NNC(=O)CCCOc2ccc(Cl)cc2C)c1. The molecule has 0 unspecified atom stereocenters. The third-order valence-corrected chi connectivity index (χ3v) is 4.01. The summed E-state index contributed by atoms with van der Waals surface area (Å²) in [4.78, 5) is 11.9. The lowest BCUT2D eigenvalue weighted by molar-refractivity contribution is -0.121. The van der Waals surface area contributed by atoms with E-state index in [0.717, 1.165) is 11.3 Å². The van der Waals surface area contributed by atoms with E-state index in [4.69, 9.17) is 25.8 Å². The van der Waals surface area contributed by atoms with Crippen molar-refractivity contribution in [2.75, 3.05) is 20.8 Å². The van der Waals surface area contributed by atoms with Gasteiger partial charge in [-0.05, 0) is 55.3 Å². The minimum atomic E-state index is -0.190. The van der Waals surface area contributed by atoms with Crippen molar-refractivity contribution in [2.24, 2.45) is 5.10 Å². The van der Waals surface area contributed by atoms with Crippen molar-refractivity contribution in [3.63, 3.8) is 0 Å². The molecule has 1 N–H and O–H groups in total. The second-order valence-electron chi connectivity index (χ2n) is 5.76. The average molecular weight is 391 g/mol. The Hall–Kier alpha value is -2.73. The molecule has 0 aliphatic carbocycles. The number of nitrogens with one attached hydrogen (secondary N) is 1. The molecule has 7 heteroatoms. The second kappa shape index (κ2) is 10.4. The van der Waals surface area contributed by atoms with E-state index in [2.05, 4.69) is 10.5 Å². The van der Waals surface area contributed by atoms with Crippen LogP contribution in [-0.2, 0) is 4.79 Å². The molecule has 2 aromatic carbocycles. The van der Waals surface area contributed by atoms with Gasteiger partial charge in [0.15, 0.2) is 0 Å². The molecule has 0 atom stereocenters. The van der Waals surface area contributed by atoms with Crippen LogP contribution in [-0.4, -0.2) is 32.9 Å². The summed E-state index contributed by atoms with van der Waals surface area (Å²) in [5.41, 5.74) is 4.17. The van der Waals surface area contributed by atoms with E-state index in [0.29, 0.717) is 41.5 Å². The highest BCUT2D eigenvalue weighted by molar-refractivity contribution is 6.30. The van der Waals surface area contributed by atoms with Crippen molar-refractivity contribution in [3.05, 3.63) is 52.5 Å². The topological polar surface area (TPSA) is 69.2 Å². The minimum absolute atomic E-state index is 0.190. The van der Waals surface area contributed by atoms with Crippen molar-refractivity contribution >= 4 is 23.7 Å². The molecule has 6 nitrogen and oxygen atoms in total. The number of nitrogens with zero attached hydrogens (tertiary/aromatic N) is 1. The van der Waals surface area contributed by atoms with Gasteiger partial charge in [0.25, 0.3) is 0 Å². The van der Waals surface area contributed by atoms with Crippen molar-refractivity contribution in [3.8, 4) is 17.2 Å². The van der Waals surface area contributed by atoms with Crippen molar-refractivity contribution in [1.82, 2.24) is 5.43 Å². The lowest BCUT2D eigenvalue weighted by Crippen LogP contribution is -2.18. The van der Waals surface area contributed by atoms with Crippen molar-refractivity contribution in [1.29, 1.82) is 0 Å². The summed E-state index contributed by atoms with van der Waals surface area (Å²) in [6.07, 6.45) is 2.40. The van der Waals surface area contributed by atoms with E-state index in [1.807, 2.05) is 19.1 Å². The number of carbonyl (C=O) groups excluding carboxylic acids is 1. The predicted molar refractivity (Wildman–Crippen MR) is 106 cm³/mol. The lowest BCUT2D eigenvalue weighted by Gasteiger charge is -2.09. The Morgan fingerprint density at radius 2 is 1.93 bits per heavy atom. The van der Waals surface area contributed by atoms with Crippen LogP contribution in [0.4, 0.5) is 0 Å². The smallest absolute Gasteiger partial charge is 0.240 e. The summed E-state index contributed by atoms with van der Waals surface area (Å²) < 4.78 is 16.1. The molecule has 144 valence electrons. The number of hydrazone groups is 1. The summed E-state index contributed by atoms with van der Waals surface area (Å²) in [6, 6.07) is 10.8. The number of methoxy groups -OCH3 is 2. The van der Waals surface area contributed by atoms with Gasteiger partial charge in [-0.1, -0.05) is 11.6 Å². The number of ether oxygens (including phenoxy) is 3. The number of hydrogen-bond donors (Lipinski definition) is 1. The van der Waals surface area contributed by atoms with Crippen LogP contribution in [0.2, 0.25) is 5.02 Å². The molecule has 0 spiro atoms. The van der Waals surface area contributed by atoms with E-state index < -0.39 is 0 Å². The summed E-state index contributed by atoms with van der Waals surface area (Å²) in [5, 5.41) is 4.64. The zero-order valence-electron chi connectivity index (χ0n) is 15.6. The molecule has 0 saturated carbocycles. The molecule has 2 aromatic rings. The molecule has 0 aromatic heterocycles. The van der Waals surface area contributed by atoms with Gasteiger partial charge in [-0.3, -0.25) is 4.79 Å². The maximum Gasteiger partial charge on any atom is 0.240 e. The van der Waals surface area contributed by atoms with Gasteiger partial charge in [-0.15, -0.1) is 0 Å². The van der Waals surface area contributed by atoms with Gasteiger partial charge in [-0.2, -0.15) is 5.10 Å². The van der Waals surface area contributed by atoms with E-state index in [-0.39, 0.29) is 5.91 Å². The van der Waals surface area contributed by atoms with Crippen LogP contribution >= 0.6 is 11.6 Å². The maximum absolute atomic E-state index is 11.9. The fourth-order valence-corrected chi connectivity index (χ4v) is 2.59. The average Bonchev–Trinajstić information content (AvgIpc) is 2.66. The van der Waals surface area contributed by atoms with Crippen LogP contribution in [0, 0.1) is 6.92 Å². The monoisotopic (exact) mass is 390 g/mol. The Kier molecular flexibility index (Phi) is 7.95. The Balaban J connectivity index is 1.77. The second-order valence-corrected chi connectivity index (χ2v) is 6.20. The molecular weight excluding hydrogens is 368 g/mol. The van der Waals surface area contributed by atoms with Gasteiger partial charge in [0.05, 0.1) is 27.0 Å². The Morgan fingerprint density at radius 3 is 2.63 bits per heavy atom. The molecule has 0 radical (unpaired) electrons. The van der Waals surface area contributed by atoms with Crippen LogP contribution in [0.1, 0.15) is 24.0 Å². The zero-order valence-corrected chi connectivity index (χ0v) is 16.4. The van der Waals surface area contributed by atoms with E-state index >= 15 is 0 Å². The molecule has 27 heavy (non-hydrogen) atoms. The fraction of sp³-hybridized carbons (Fsp3) is 0.300. The number of aryl methyl sites for hydroxylation is 1. The number of amides is 1. The molecule has 0 heterocycles. The number of halogens is 1. The number of carbonyl (C=O) groups is 1. The maximum atomic E-state index is 11.9. The molecule has 0 saturated heterocycles. The quantitative estimate of drug-likeness (QED) is 0.399. The Labute approximate surface area is 164 Å². The summed E-state index contributed by atoms with van der Waals surface area (Å²) >= 11 is 5.91. The number of benzene rings is 2. The zero-order chi connectivity index (χ0) is 19.6. The molecule has 2 rings (SSSR count). The molecule has 0 bridgehead atoms. The molecule has 1 amide bonds. The largest absolute Gasteiger partial charge is 0.497 e. The first-order valence-corrected chi connectivity index (χ1v) is 8.84. The van der Waals surface area contributed by atoms with Crippen LogP contribution in [0.25, 0.3) is 0 Å². The highest BCUT2D eigenvalue weighted by atomic mass is 35.5. The minimum Gasteiger partial charge on any atom is -0.497 e. The highest BCUT2D eigenvalue weighted by Crippen LogP contribution is 2.23. The first-order chi connectivity index (χ1) is 13.0. The van der Waals surface area contributed by atoms with Gasteiger partial charge >= 0.3 is 0 Å². The van der Waals surface area contributed by atoms with Crippen LogP contribution < -0.4 is 19.6 Å². The molecule has 0 aliphatic heterocycles. The third kappa shape index (κ3) is 6.49. The fourth-order valence-electron chi connectivity index (χ4n) is 2.36. The Bertz CT molecular complexity index is 809. The number of hydrogen-bond acceptors (Lipinski definition) is 5. The first kappa shape index (κ1) is 20.6. The normalized spacial score (nSPS) is 10.7. The summed E-state index contributed by atoms with van der Waals surface area (Å²) in [7, 11) is 3.15. The molecular formula is C20H23ClN2O4. The Morgan fingerprint density at radius 1 is 1.15 bits per heavy atom. The van der Waals surface area contributed by atoms with Crippen LogP contribution in [0.3, 0.4) is 0 Å². The van der Waals surface area contributed by atoms with E-state index in [9.17, 15) is 4.79 Å². The van der Waals surface area contributed by atoms with Gasteiger partial charge < -0.3 is 14.2 Å². The van der Waals surface area contributed by atoms with Gasteiger partial charge in [0.1, 0.15) is 17.2 Å². The van der Waals surface area contributed by atoms with Crippen LogP contribution in [0.5, 0.6) is 17.2 Å². The lowest BCUT2D eigenvalue weighted by atomic mass is 10.2. The first-order valence-electron chi connectivity index (χ1n) is 8.46. The van der Waals surface area contributed by atoms with Crippen molar-refractivity contribution in [2.45, 2.75) is 19.8 Å². The van der Waals surface area contributed by atoms with Gasteiger partial charge in [-0.25, -0.2) is 5.43 Å². The predicted octanol–water partition coefficient (Wildman–Crippen LogP) is 3.97. The highest BCUT2D eigenvalue weighted by Gasteiger charge is 2.05. The summed E-state index contributed by atoms with van der Waals surface area (Å²) in [6.45, 7) is 2.36. The van der Waals surface area contributed by atoms with Gasteiger partial charge in [0.2, 0.25) is 5.91 Å². The summed E-state index contributed by atoms with van der Waals surface area (Å²) in [5.74, 6) is 1.89. The van der Waals surface area contributed by atoms with E-state index in [1.54, 1.807) is 38.5 Å². The number of rotatable bonds is 9. The molecule has 0 aliphatic rings. The van der Waals surface area contributed by atoms with Gasteiger partial charge in [0, 0.05) is 17.0 Å². The third-order valence-electron chi connectivity index (χ3n) is 3.77. The standard InChI is InChI=1S/C20H23ClN2O4/c1-14-11-16(21)6-8-18(14)27-10-4-5-20(24)23-22-13-15-12-17(25-2)7-9-19(15)26-3/h6-9,11-13H,4-5,10H2,1-3H3,(H,23,24). The van der Waals surface area contributed by atoms with Crippen LogP contribution in [0.15, 0.2) is 41.5 Å².